The number of hydrogen-bond donors (Lipinski definition) is 0. The minimum Gasteiger partial charge on any atom is -0.309 e. The molecule has 26 heavy (non-hydrogen) atoms. The van der Waals surface area contributed by atoms with Gasteiger partial charge in [0.25, 0.3) is 0 Å². The van der Waals surface area contributed by atoms with Crippen molar-refractivity contribution in [3.05, 3.63) is 102 Å². The van der Waals surface area contributed by atoms with E-state index < -0.39 is 0 Å². The molecule has 5 aromatic rings. The van der Waals surface area contributed by atoms with Crippen LogP contribution in [0.2, 0.25) is 5.02 Å². The zero-order valence-electron chi connectivity index (χ0n) is 14.1. The van der Waals surface area contributed by atoms with Crippen molar-refractivity contribution in [1.82, 2.24) is 4.57 Å². The lowest BCUT2D eigenvalue weighted by Gasteiger charge is -2.09. The summed E-state index contributed by atoms with van der Waals surface area (Å²) in [6.45, 7) is 0. The largest absolute Gasteiger partial charge is 0.309 e. The first-order valence-corrected chi connectivity index (χ1v) is 9.04. The van der Waals surface area contributed by atoms with Crippen molar-refractivity contribution in [2.75, 3.05) is 0 Å². The van der Waals surface area contributed by atoms with Crippen LogP contribution in [-0.4, -0.2) is 4.57 Å². The molecule has 0 fully saturated rings. The van der Waals surface area contributed by atoms with Crippen LogP contribution < -0.4 is 0 Å². The molecular formula is C24H16ClN. The third-order valence-electron chi connectivity index (χ3n) is 4.85. The monoisotopic (exact) mass is 353 g/mol. The molecule has 0 bridgehead atoms. The number of rotatable bonds is 2. The first-order chi connectivity index (χ1) is 12.8. The summed E-state index contributed by atoms with van der Waals surface area (Å²) in [6.07, 6.45) is 0. The van der Waals surface area contributed by atoms with Crippen LogP contribution in [0.1, 0.15) is 0 Å². The predicted octanol–water partition coefficient (Wildman–Crippen LogP) is 7.10. The van der Waals surface area contributed by atoms with E-state index >= 15 is 0 Å². The van der Waals surface area contributed by atoms with Gasteiger partial charge in [-0.25, -0.2) is 0 Å². The summed E-state index contributed by atoms with van der Waals surface area (Å²) < 4.78 is 2.31. The van der Waals surface area contributed by atoms with Crippen molar-refractivity contribution in [2.24, 2.45) is 0 Å². The van der Waals surface area contributed by atoms with Gasteiger partial charge in [0.1, 0.15) is 0 Å². The van der Waals surface area contributed by atoms with Crippen LogP contribution in [0.4, 0.5) is 0 Å². The third kappa shape index (κ3) is 2.40. The molecule has 0 atom stereocenters. The van der Waals surface area contributed by atoms with Gasteiger partial charge in [-0.1, -0.05) is 72.3 Å². The normalized spacial score (nSPS) is 11.3. The maximum absolute atomic E-state index is 6.29. The van der Waals surface area contributed by atoms with Gasteiger partial charge in [-0.15, -0.1) is 0 Å². The molecule has 0 radical (unpaired) electrons. The number of hydrogen-bond acceptors (Lipinski definition) is 0. The van der Waals surface area contributed by atoms with Gasteiger partial charge >= 0.3 is 0 Å². The summed E-state index contributed by atoms with van der Waals surface area (Å²) in [5.74, 6) is 0. The molecule has 0 amide bonds. The number of aromatic nitrogens is 1. The summed E-state index contributed by atoms with van der Waals surface area (Å²) in [5.41, 5.74) is 5.94. The van der Waals surface area contributed by atoms with Gasteiger partial charge in [0.05, 0.1) is 11.0 Å². The summed E-state index contributed by atoms with van der Waals surface area (Å²) in [5, 5.41) is 3.15. The lowest BCUT2D eigenvalue weighted by atomic mass is 10.0. The number of nitrogens with zero attached hydrogens (tertiary/aromatic N) is 1. The smallest absolute Gasteiger partial charge is 0.0547 e. The van der Waals surface area contributed by atoms with E-state index in [0.717, 1.165) is 10.7 Å². The highest BCUT2D eigenvalue weighted by molar-refractivity contribution is 6.32. The first kappa shape index (κ1) is 15.2. The highest BCUT2D eigenvalue weighted by atomic mass is 35.5. The average molecular weight is 354 g/mol. The molecule has 0 unspecified atom stereocenters. The maximum Gasteiger partial charge on any atom is 0.0547 e. The lowest BCUT2D eigenvalue weighted by Crippen LogP contribution is -1.93. The molecule has 124 valence electrons. The highest BCUT2D eigenvalue weighted by Crippen LogP contribution is 2.35. The molecule has 0 aliphatic rings. The number of para-hydroxylation sites is 1. The molecule has 0 spiro atoms. The van der Waals surface area contributed by atoms with E-state index in [9.17, 15) is 0 Å². The van der Waals surface area contributed by atoms with E-state index in [4.69, 9.17) is 11.6 Å². The third-order valence-corrected chi connectivity index (χ3v) is 5.08. The fraction of sp³-hybridized carbons (Fsp3) is 0. The Bertz CT molecular complexity index is 1220. The van der Waals surface area contributed by atoms with E-state index in [-0.39, 0.29) is 0 Å². The fourth-order valence-corrected chi connectivity index (χ4v) is 3.83. The molecule has 2 heteroatoms. The minimum atomic E-state index is 0.761. The fourth-order valence-electron chi connectivity index (χ4n) is 3.66. The van der Waals surface area contributed by atoms with Crippen molar-refractivity contribution in [3.63, 3.8) is 0 Å². The Kier molecular flexibility index (Phi) is 3.55. The van der Waals surface area contributed by atoms with E-state index in [1.165, 1.54) is 32.9 Å². The Labute approximate surface area is 157 Å². The van der Waals surface area contributed by atoms with Crippen molar-refractivity contribution < 1.29 is 0 Å². The molecule has 0 N–H and O–H groups in total. The van der Waals surface area contributed by atoms with Gasteiger partial charge in [0, 0.05) is 21.5 Å². The lowest BCUT2D eigenvalue weighted by molar-refractivity contribution is 1.18. The van der Waals surface area contributed by atoms with Crippen molar-refractivity contribution in [3.8, 4) is 16.8 Å². The number of benzene rings is 4. The van der Waals surface area contributed by atoms with Crippen LogP contribution >= 0.6 is 11.6 Å². The van der Waals surface area contributed by atoms with Crippen LogP contribution in [0, 0.1) is 0 Å². The van der Waals surface area contributed by atoms with E-state index in [0.29, 0.717) is 0 Å². The van der Waals surface area contributed by atoms with Gasteiger partial charge in [0.2, 0.25) is 0 Å². The van der Waals surface area contributed by atoms with E-state index in [1.54, 1.807) is 0 Å². The summed E-state index contributed by atoms with van der Waals surface area (Å²) in [4.78, 5) is 0. The van der Waals surface area contributed by atoms with Crippen molar-refractivity contribution in [2.45, 2.75) is 0 Å². The Morgan fingerprint density at radius 1 is 0.538 bits per heavy atom. The standard InChI is InChI=1S/C24H16ClN/c25-19-12-14-23-22(16-19)21-13-11-18(17-7-3-1-4-8-17)15-24(21)26(23)20-9-5-2-6-10-20/h1-16H. The van der Waals surface area contributed by atoms with Crippen LogP contribution in [0.25, 0.3) is 38.6 Å². The van der Waals surface area contributed by atoms with E-state index in [1.807, 2.05) is 18.2 Å². The molecule has 0 saturated heterocycles. The Balaban J connectivity index is 1.89. The van der Waals surface area contributed by atoms with Gasteiger partial charge < -0.3 is 4.57 Å². The predicted molar refractivity (Wildman–Crippen MR) is 111 cm³/mol. The summed E-state index contributed by atoms with van der Waals surface area (Å²) in [6, 6.07) is 33.7. The molecule has 1 nitrogen and oxygen atoms in total. The summed E-state index contributed by atoms with van der Waals surface area (Å²) >= 11 is 6.29. The minimum absolute atomic E-state index is 0.761. The molecule has 0 aliphatic carbocycles. The average Bonchev–Trinajstić information content (AvgIpc) is 3.02. The molecule has 5 rings (SSSR count). The number of fused-ring (bicyclic) bond motifs is 3. The molecule has 1 aromatic heterocycles. The molecule has 0 aliphatic heterocycles. The molecule has 0 saturated carbocycles. The number of halogens is 1. The SMILES string of the molecule is Clc1ccc2c(c1)c1ccc(-c3ccccc3)cc1n2-c1ccccc1. The zero-order valence-corrected chi connectivity index (χ0v) is 14.8. The maximum atomic E-state index is 6.29. The second-order valence-corrected chi connectivity index (χ2v) is 6.87. The molecular weight excluding hydrogens is 338 g/mol. The Morgan fingerprint density at radius 3 is 2.04 bits per heavy atom. The molecule has 4 aromatic carbocycles. The van der Waals surface area contributed by atoms with Crippen LogP contribution in [0.5, 0.6) is 0 Å². The van der Waals surface area contributed by atoms with Crippen molar-refractivity contribution in [1.29, 1.82) is 0 Å². The Morgan fingerprint density at radius 2 is 1.27 bits per heavy atom. The quantitative estimate of drug-likeness (QED) is 0.319. The zero-order chi connectivity index (χ0) is 17.5. The topological polar surface area (TPSA) is 4.93 Å². The van der Waals surface area contributed by atoms with Crippen LogP contribution in [0.15, 0.2) is 97.1 Å². The van der Waals surface area contributed by atoms with Crippen molar-refractivity contribution >= 4 is 33.4 Å². The van der Waals surface area contributed by atoms with Gasteiger partial charge in [-0.2, -0.15) is 0 Å². The van der Waals surface area contributed by atoms with Gasteiger partial charge in [0.15, 0.2) is 0 Å². The summed E-state index contributed by atoms with van der Waals surface area (Å²) in [7, 11) is 0. The first-order valence-electron chi connectivity index (χ1n) is 8.66. The second kappa shape index (κ2) is 6.05. The molecule has 1 heterocycles. The van der Waals surface area contributed by atoms with Gasteiger partial charge in [-0.3, -0.25) is 0 Å². The second-order valence-electron chi connectivity index (χ2n) is 6.43. The van der Waals surface area contributed by atoms with Gasteiger partial charge in [-0.05, 0) is 47.5 Å². The van der Waals surface area contributed by atoms with Crippen LogP contribution in [0.3, 0.4) is 0 Å². The van der Waals surface area contributed by atoms with Crippen LogP contribution in [-0.2, 0) is 0 Å². The van der Waals surface area contributed by atoms with E-state index in [2.05, 4.69) is 83.4 Å². The highest BCUT2D eigenvalue weighted by Gasteiger charge is 2.13. The Hall–Kier alpha value is -3.03.